The molecule has 0 aliphatic heterocycles. The van der Waals surface area contributed by atoms with Crippen molar-refractivity contribution in [3.8, 4) is 0 Å². The Morgan fingerprint density at radius 2 is 1.76 bits per heavy atom. The molecule has 1 aromatic rings. The van der Waals surface area contributed by atoms with Gasteiger partial charge in [0.15, 0.2) is 0 Å². The molecule has 5 nitrogen and oxygen atoms in total. The molecule has 0 saturated heterocycles. The molecule has 0 saturated carbocycles. The number of pyridine rings is 1. The number of aryl methyl sites for hydroxylation is 1. The van der Waals surface area contributed by atoms with Crippen molar-refractivity contribution in [3.05, 3.63) is 29.1 Å². The van der Waals surface area contributed by atoms with Crippen molar-refractivity contribution in [2.45, 2.75) is 20.8 Å². The van der Waals surface area contributed by atoms with Gasteiger partial charge in [-0.05, 0) is 26.8 Å². The standard InChI is InChI=1S/C12H15NO4/c1-4-16-11(14)9-6-10(8(3)13-7-9)12(15)17-5-2/h6-7H,4-5H2,1-3H3. The van der Waals surface area contributed by atoms with Crippen molar-refractivity contribution >= 4 is 11.9 Å². The summed E-state index contributed by atoms with van der Waals surface area (Å²) in [6.45, 7) is 5.67. The molecule has 17 heavy (non-hydrogen) atoms. The fourth-order valence-corrected chi connectivity index (χ4v) is 1.27. The first kappa shape index (κ1) is 13.2. The quantitative estimate of drug-likeness (QED) is 0.746. The van der Waals surface area contributed by atoms with Crippen LogP contribution >= 0.6 is 0 Å². The summed E-state index contributed by atoms with van der Waals surface area (Å²) in [6, 6.07) is 1.44. The topological polar surface area (TPSA) is 65.5 Å². The molecule has 0 aliphatic rings. The zero-order valence-electron chi connectivity index (χ0n) is 10.1. The Hall–Kier alpha value is -1.91. The monoisotopic (exact) mass is 237 g/mol. The second-order valence-electron chi connectivity index (χ2n) is 3.30. The highest BCUT2D eigenvalue weighted by Gasteiger charge is 2.15. The first-order valence-corrected chi connectivity index (χ1v) is 5.41. The van der Waals surface area contributed by atoms with Gasteiger partial charge < -0.3 is 9.47 Å². The number of esters is 2. The molecule has 5 heteroatoms. The molecule has 0 N–H and O–H groups in total. The third kappa shape index (κ3) is 3.27. The zero-order valence-corrected chi connectivity index (χ0v) is 10.1. The summed E-state index contributed by atoms with van der Waals surface area (Å²) < 4.78 is 9.70. The number of rotatable bonds is 4. The highest BCUT2D eigenvalue weighted by molar-refractivity contribution is 5.95. The van der Waals surface area contributed by atoms with Crippen LogP contribution < -0.4 is 0 Å². The predicted molar refractivity (Wildman–Crippen MR) is 60.9 cm³/mol. The van der Waals surface area contributed by atoms with Gasteiger partial charge >= 0.3 is 11.9 Å². The van der Waals surface area contributed by atoms with Crippen molar-refractivity contribution in [2.75, 3.05) is 13.2 Å². The van der Waals surface area contributed by atoms with Crippen LogP contribution in [0, 0.1) is 6.92 Å². The van der Waals surface area contributed by atoms with Gasteiger partial charge in [-0.15, -0.1) is 0 Å². The minimum atomic E-state index is -0.495. The fourth-order valence-electron chi connectivity index (χ4n) is 1.27. The van der Waals surface area contributed by atoms with Crippen LogP contribution in [-0.4, -0.2) is 30.1 Å². The summed E-state index contributed by atoms with van der Waals surface area (Å²) in [5.74, 6) is -0.978. The smallest absolute Gasteiger partial charge is 0.339 e. The molecular weight excluding hydrogens is 222 g/mol. The second kappa shape index (κ2) is 5.98. The van der Waals surface area contributed by atoms with Gasteiger partial charge in [-0.1, -0.05) is 0 Å². The van der Waals surface area contributed by atoms with Crippen molar-refractivity contribution in [3.63, 3.8) is 0 Å². The number of carbonyl (C=O) groups is 2. The van der Waals surface area contributed by atoms with Gasteiger partial charge in [0.1, 0.15) is 0 Å². The number of ether oxygens (including phenoxy) is 2. The Bertz CT molecular complexity index is 429. The minimum Gasteiger partial charge on any atom is -0.462 e. The molecule has 1 aromatic heterocycles. The summed E-state index contributed by atoms with van der Waals surface area (Å²) in [4.78, 5) is 27.0. The van der Waals surface area contributed by atoms with Crippen molar-refractivity contribution < 1.29 is 19.1 Å². The van der Waals surface area contributed by atoms with Gasteiger partial charge in [0.25, 0.3) is 0 Å². The highest BCUT2D eigenvalue weighted by Crippen LogP contribution is 2.11. The lowest BCUT2D eigenvalue weighted by atomic mass is 10.1. The van der Waals surface area contributed by atoms with E-state index in [1.54, 1.807) is 20.8 Å². The Balaban J connectivity index is 3.02. The number of nitrogens with zero attached hydrogens (tertiary/aromatic N) is 1. The highest BCUT2D eigenvalue weighted by atomic mass is 16.5. The van der Waals surface area contributed by atoms with Crippen LogP contribution in [0.15, 0.2) is 12.3 Å². The van der Waals surface area contributed by atoms with E-state index >= 15 is 0 Å². The second-order valence-corrected chi connectivity index (χ2v) is 3.30. The van der Waals surface area contributed by atoms with E-state index in [-0.39, 0.29) is 24.3 Å². The van der Waals surface area contributed by atoms with Gasteiger partial charge in [-0.2, -0.15) is 0 Å². The maximum absolute atomic E-state index is 11.6. The Morgan fingerprint density at radius 1 is 1.18 bits per heavy atom. The van der Waals surface area contributed by atoms with Gasteiger partial charge in [0.05, 0.1) is 30.0 Å². The van der Waals surface area contributed by atoms with E-state index in [0.717, 1.165) is 0 Å². The van der Waals surface area contributed by atoms with Crippen LogP contribution in [0.1, 0.15) is 40.3 Å². The Morgan fingerprint density at radius 3 is 2.35 bits per heavy atom. The summed E-state index contributed by atoms with van der Waals surface area (Å²) >= 11 is 0. The van der Waals surface area contributed by atoms with Crippen LogP contribution in [0.4, 0.5) is 0 Å². The molecule has 0 fully saturated rings. The molecule has 0 bridgehead atoms. The van der Waals surface area contributed by atoms with E-state index < -0.39 is 11.9 Å². The molecule has 1 rings (SSSR count). The van der Waals surface area contributed by atoms with Crippen molar-refractivity contribution in [1.29, 1.82) is 0 Å². The van der Waals surface area contributed by atoms with Crippen LogP contribution in [-0.2, 0) is 9.47 Å². The SMILES string of the molecule is CCOC(=O)c1cnc(C)c(C(=O)OCC)c1. The van der Waals surface area contributed by atoms with Crippen LogP contribution in [0.25, 0.3) is 0 Å². The summed E-state index contributed by atoms with van der Waals surface area (Å²) in [5, 5.41) is 0. The molecule has 0 spiro atoms. The van der Waals surface area contributed by atoms with Gasteiger partial charge in [-0.3, -0.25) is 4.98 Å². The van der Waals surface area contributed by atoms with E-state index in [2.05, 4.69) is 4.98 Å². The van der Waals surface area contributed by atoms with Crippen molar-refractivity contribution in [2.24, 2.45) is 0 Å². The Kier molecular flexibility index (Phi) is 4.63. The van der Waals surface area contributed by atoms with Crippen LogP contribution in [0.3, 0.4) is 0 Å². The predicted octanol–water partition coefficient (Wildman–Crippen LogP) is 1.74. The maximum Gasteiger partial charge on any atom is 0.339 e. The van der Waals surface area contributed by atoms with E-state index in [1.807, 2.05) is 0 Å². The molecule has 0 atom stereocenters. The number of carbonyl (C=O) groups excluding carboxylic acids is 2. The van der Waals surface area contributed by atoms with E-state index in [4.69, 9.17) is 9.47 Å². The number of aromatic nitrogens is 1. The van der Waals surface area contributed by atoms with E-state index in [1.165, 1.54) is 12.3 Å². The molecule has 0 radical (unpaired) electrons. The average Bonchev–Trinajstić information content (AvgIpc) is 2.30. The van der Waals surface area contributed by atoms with E-state index in [9.17, 15) is 9.59 Å². The van der Waals surface area contributed by atoms with Gasteiger partial charge in [0, 0.05) is 6.20 Å². The molecular formula is C12H15NO4. The summed E-state index contributed by atoms with van der Waals surface area (Å²) in [7, 11) is 0. The molecule has 0 unspecified atom stereocenters. The van der Waals surface area contributed by atoms with Crippen molar-refractivity contribution in [1.82, 2.24) is 4.98 Å². The third-order valence-electron chi connectivity index (χ3n) is 2.09. The summed E-state index contributed by atoms with van der Waals surface area (Å²) in [5.41, 5.74) is 1.06. The first-order valence-electron chi connectivity index (χ1n) is 5.41. The lowest BCUT2D eigenvalue weighted by Crippen LogP contribution is -2.11. The lowest BCUT2D eigenvalue weighted by Gasteiger charge is -2.07. The molecule has 1 heterocycles. The largest absolute Gasteiger partial charge is 0.462 e. The summed E-state index contributed by atoms with van der Waals surface area (Å²) in [6.07, 6.45) is 1.38. The minimum absolute atomic E-state index is 0.250. The third-order valence-corrected chi connectivity index (χ3v) is 2.09. The van der Waals surface area contributed by atoms with Gasteiger partial charge in [0.2, 0.25) is 0 Å². The first-order chi connectivity index (χ1) is 8.10. The zero-order chi connectivity index (χ0) is 12.8. The molecule has 0 aliphatic carbocycles. The maximum atomic E-state index is 11.6. The molecule has 0 aromatic carbocycles. The average molecular weight is 237 g/mol. The lowest BCUT2D eigenvalue weighted by molar-refractivity contribution is 0.0523. The fraction of sp³-hybridized carbons (Fsp3) is 0.417. The molecule has 0 amide bonds. The number of hydrogen-bond acceptors (Lipinski definition) is 5. The van der Waals surface area contributed by atoms with Crippen LogP contribution in [0.5, 0.6) is 0 Å². The Labute approximate surface area is 99.8 Å². The molecule has 92 valence electrons. The van der Waals surface area contributed by atoms with Gasteiger partial charge in [-0.25, -0.2) is 9.59 Å². The van der Waals surface area contributed by atoms with E-state index in [0.29, 0.717) is 5.69 Å². The normalized spacial score (nSPS) is 9.82. The number of hydrogen-bond donors (Lipinski definition) is 0. The van der Waals surface area contributed by atoms with Crippen LogP contribution in [0.2, 0.25) is 0 Å².